The maximum atomic E-state index is 10.6. The van der Waals surface area contributed by atoms with Crippen molar-refractivity contribution in [1.82, 2.24) is 4.98 Å². The zero-order chi connectivity index (χ0) is 16.8. The molecule has 0 saturated carbocycles. The third-order valence-corrected chi connectivity index (χ3v) is 4.24. The molecule has 0 atom stereocenters. The second-order valence-corrected chi connectivity index (χ2v) is 6.52. The Hall–Kier alpha value is -2.08. The Bertz CT molecular complexity index is 668. The SMILES string of the molecule is Cc1cc(OCCNc2nc(CC(=O)O)cs2)ccc1C(C)C. The Labute approximate surface area is 140 Å². The number of anilines is 1. The minimum atomic E-state index is -0.870. The fourth-order valence-corrected chi connectivity index (χ4v) is 3.08. The van der Waals surface area contributed by atoms with Gasteiger partial charge in [0.2, 0.25) is 0 Å². The number of aliphatic carboxylic acids is 1. The molecule has 0 aliphatic heterocycles. The van der Waals surface area contributed by atoms with E-state index in [0.29, 0.717) is 24.8 Å². The van der Waals surface area contributed by atoms with E-state index >= 15 is 0 Å². The highest BCUT2D eigenvalue weighted by Crippen LogP contribution is 2.23. The zero-order valence-electron chi connectivity index (χ0n) is 13.6. The minimum absolute atomic E-state index is 0.0455. The molecule has 0 saturated heterocycles. The summed E-state index contributed by atoms with van der Waals surface area (Å²) < 4.78 is 5.73. The normalized spacial score (nSPS) is 10.8. The van der Waals surface area contributed by atoms with Gasteiger partial charge in [0, 0.05) is 5.38 Å². The van der Waals surface area contributed by atoms with Crippen molar-refractivity contribution in [2.75, 3.05) is 18.5 Å². The van der Waals surface area contributed by atoms with Gasteiger partial charge in [0.1, 0.15) is 12.4 Å². The van der Waals surface area contributed by atoms with Crippen LogP contribution in [0.4, 0.5) is 5.13 Å². The Morgan fingerprint density at radius 1 is 1.43 bits per heavy atom. The van der Waals surface area contributed by atoms with E-state index in [9.17, 15) is 4.79 Å². The number of thiazole rings is 1. The van der Waals surface area contributed by atoms with Crippen LogP contribution in [0.15, 0.2) is 23.6 Å². The van der Waals surface area contributed by atoms with Gasteiger partial charge in [0.05, 0.1) is 18.7 Å². The number of hydrogen-bond acceptors (Lipinski definition) is 5. The highest BCUT2D eigenvalue weighted by Gasteiger charge is 2.06. The van der Waals surface area contributed by atoms with E-state index in [2.05, 4.69) is 43.2 Å². The van der Waals surface area contributed by atoms with Crippen LogP contribution in [0.3, 0.4) is 0 Å². The molecule has 2 aromatic rings. The van der Waals surface area contributed by atoms with Crippen molar-refractivity contribution in [2.45, 2.75) is 33.1 Å². The molecule has 23 heavy (non-hydrogen) atoms. The molecule has 0 amide bonds. The summed E-state index contributed by atoms with van der Waals surface area (Å²) in [6.07, 6.45) is -0.0455. The zero-order valence-corrected chi connectivity index (χ0v) is 14.4. The highest BCUT2D eigenvalue weighted by molar-refractivity contribution is 7.13. The van der Waals surface area contributed by atoms with E-state index < -0.39 is 5.97 Å². The van der Waals surface area contributed by atoms with Gasteiger partial charge in [-0.25, -0.2) is 4.98 Å². The lowest BCUT2D eigenvalue weighted by Crippen LogP contribution is -2.11. The molecule has 0 aliphatic carbocycles. The predicted octanol–water partition coefficient (Wildman–Crippen LogP) is 3.69. The first-order valence-electron chi connectivity index (χ1n) is 7.59. The van der Waals surface area contributed by atoms with Gasteiger partial charge in [0.15, 0.2) is 5.13 Å². The summed E-state index contributed by atoms with van der Waals surface area (Å²) in [5, 5.41) is 14.3. The second kappa shape index (κ2) is 7.97. The maximum Gasteiger partial charge on any atom is 0.309 e. The summed E-state index contributed by atoms with van der Waals surface area (Å²) in [5.41, 5.74) is 3.15. The lowest BCUT2D eigenvalue weighted by molar-refractivity contribution is -0.136. The Morgan fingerprint density at radius 2 is 2.22 bits per heavy atom. The van der Waals surface area contributed by atoms with Crippen LogP contribution >= 0.6 is 11.3 Å². The lowest BCUT2D eigenvalue weighted by Gasteiger charge is -2.12. The van der Waals surface area contributed by atoms with Crippen molar-refractivity contribution in [3.05, 3.63) is 40.4 Å². The molecule has 6 heteroatoms. The number of nitrogens with one attached hydrogen (secondary N) is 1. The van der Waals surface area contributed by atoms with Gasteiger partial charge in [-0.3, -0.25) is 4.79 Å². The lowest BCUT2D eigenvalue weighted by atomic mass is 9.98. The average molecular weight is 334 g/mol. The molecule has 0 fully saturated rings. The van der Waals surface area contributed by atoms with Crippen LogP contribution in [-0.2, 0) is 11.2 Å². The molecule has 0 unspecified atom stereocenters. The van der Waals surface area contributed by atoms with Gasteiger partial charge in [-0.1, -0.05) is 19.9 Å². The molecule has 124 valence electrons. The molecule has 1 aromatic heterocycles. The van der Waals surface area contributed by atoms with Crippen LogP contribution in [0.5, 0.6) is 5.75 Å². The number of aryl methyl sites for hydroxylation is 1. The Balaban J connectivity index is 1.78. The summed E-state index contributed by atoms with van der Waals surface area (Å²) in [4.78, 5) is 14.8. The molecular formula is C17H22N2O3S. The van der Waals surface area contributed by atoms with Gasteiger partial charge in [-0.05, 0) is 36.1 Å². The van der Waals surface area contributed by atoms with Gasteiger partial charge < -0.3 is 15.2 Å². The van der Waals surface area contributed by atoms with Crippen molar-refractivity contribution in [3.63, 3.8) is 0 Å². The number of hydrogen-bond donors (Lipinski definition) is 2. The number of rotatable bonds is 8. The van der Waals surface area contributed by atoms with E-state index in [1.54, 1.807) is 5.38 Å². The second-order valence-electron chi connectivity index (χ2n) is 5.66. The van der Waals surface area contributed by atoms with Crippen LogP contribution in [0.2, 0.25) is 0 Å². The minimum Gasteiger partial charge on any atom is -0.492 e. The number of ether oxygens (including phenoxy) is 1. The molecule has 1 aromatic carbocycles. The third-order valence-electron chi connectivity index (χ3n) is 3.39. The first-order valence-corrected chi connectivity index (χ1v) is 8.47. The maximum absolute atomic E-state index is 10.6. The summed E-state index contributed by atoms with van der Waals surface area (Å²) in [7, 11) is 0. The molecule has 1 heterocycles. The van der Waals surface area contributed by atoms with Crippen LogP contribution in [0, 0.1) is 6.92 Å². The topological polar surface area (TPSA) is 71.5 Å². The quantitative estimate of drug-likeness (QED) is 0.720. The smallest absolute Gasteiger partial charge is 0.309 e. The summed E-state index contributed by atoms with van der Waals surface area (Å²) in [6, 6.07) is 6.17. The van der Waals surface area contributed by atoms with Gasteiger partial charge in [-0.15, -0.1) is 11.3 Å². The molecule has 0 aliphatic rings. The van der Waals surface area contributed by atoms with Gasteiger partial charge >= 0.3 is 5.97 Å². The summed E-state index contributed by atoms with van der Waals surface area (Å²) in [5.74, 6) is 0.500. The fraction of sp³-hybridized carbons (Fsp3) is 0.412. The molecular weight excluding hydrogens is 312 g/mol. The fourth-order valence-electron chi connectivity index (χ4n) is 2.34. The van der Waals surface area contributed by atoms with Crippen molar-refractivity contribution in [2.24, 2.45) is 0 Å². The molecule has 5 nitrogen and oxygen atoms in total. The third kappa shape index (κ3) is 5.25. The van der Waals surface area contributed by atoms with Crippen molar-refractivity contribution < 1.29 is 14.6 Å². The van der Waals surface area contributed by atoms with Gasteiger partial charge in [0.25, 0.3) is 0 Å². The van der Waals surface area contributed by atoms with E-state index in [1.807, 2.05) is 6.07 Å². The molecule has 0 radical (unpaired) electrons. The van der Waals surface area contributed by atoms with Crippen LogP contribution < -0.4 is 10.1 Å². The van der Waals surface area contributed by atoms with E-state index in [4.69, 9.17) is 9.84 Å². The number of carboxylic acid groups (broad SMARTS) is 1. The van der Waals surface area contributed by atoms with E-state index in [0.717, 1.165) is 10.9 Å². The number of nitrogens with zero attached hydrogens (tertiary/aromatic N) is 1. The van der Waals surface area contributed by atoms with Gasteiger partial charge in [-0.2, -0.15) is 0 Å². The molecule has 0 bridgehead atoms. The summed E-state index contributed by atoms with van der Waals surface area (Å²) >= 11 is 1.40. The monoisotopic (exact) mass is 334 g/mol. The van der Waals surface area contributed by atoms with E-state index in [-0.39, 0.29) is 6.42 Å². The molecule has 2 rings (SSSR count). The first-order chi connectivity index (χ1) is 11.0. The van der Waals surface area contributed by atoms with Crippen molar-refractivity contribution in [3.8, 4) is 5.75 Å². The number of carbonyl (C=O) groups is 1. The Kier molecular flexibility index (Phi) is 5.98. The standard InChI is InChI=1S/C17H22N2O3S/c1-11(2)15-5-4-14(8-12(15)3)22-7-6-18-17-19-13(10-23-17)9-16(20)21/h4-5,8,10-11H,6-7,9H2,1-3H3,(H,18,19)(H,20,21). The first kappa shape index (κ1) is 17.3. The van der Waals surface area contributed by atoms with E-state index in [1.165, 1.54) is 22.5 Å². The van der Waals surface area contributed by atoms with Crippen LogP contribution in [-0.4, -0.2) is 29.2 Å². The van der Waals surface area contributed by atoms with Crippen molar-refractivity contribution in [1.29, 1.82) is 0 Å². The number of aromatic nitrogens is 1. The highest BCUT2D eigenvalue weighted by atomic mass is 32.1. The number of carboxylic acids is 1. The molecule has 0 spiro atoms. The van der Waals surface area contributed by atoms with Crippen molar-refractivity contribution >= 4 is 22.4 Å². The van der Waals surface area contributed by atoms with Crippen LogP contribution in [0.25, 0.3) is 0 Å². The Morgan fingerprint density at radius 3 is 2.87 bits per heavy atom. The van der Waals surface area contributed by atoms with Crippen LogP contribution in [0.1, 0.15) is 36.6 Å². The number of benzene rings is 1. The average Bonchev–Trinajstić information content (AvgIpc) is 2.90. The predicted molar refractivity (Wildman–Crippen MR) is 92.7 cm³/mol. The largest absolute Gasteiger partial charge is 0.492 e. The summed E-state index contributed by atoms with van der Waals surface area (Å²) in [6.45, 7) is 7.60. The molecule has 2 N–H and O–H groups in total.